The zero-order valence-electron chi connectivity index (χ0n) is 15.7. The van der Waals surface area contributed by atoms with Crippen molar-refractivity contribution in [3.63, 3.8) is 0 Å². The van der Waals surface area contributed by atoms with E-state index >= 15 is 0 Å². The van der Waals surface area contributed by atoms with E-state index in [1.165, 1.54) is 50.5 Å². The zero-order valence-corrected chi connectivity index (χ0v) is 15.7. The Labute approximate surface area is 153 Å². The van der Waals surface area contributed by atoms with Gasteiger partial charge < -0.3 is 14.2 Å². The zero-order chi connectivity index (χ0) is 17.4. The SMILES string of the molecule is c1cncc(CCCOCCCCCCCCOC2CCCCO2)c1. The topological polar surface area (TPSA) is 40.6 Å². The van der Waals surface area contributed by atoms with Gasteiger partial charge in [0, 0.05) is 38.8 Å². The molecule has 1 aromatic rings. The first-order valence-corrected chi connectivity index (χ1v) is 10.1. The maximum absolute atomic E-state index is 5.75. The molecule has 2 rings (SSSR count). The maximum atomic E-state index is 5.75. The molecule has 1 aliphatic rings. The summed E-state index contributed by atoms with van der Waals surface area (Å²) in [4.78, 5) is 4.13. The Morgan fingerprint density at radius 1 is 0.960 bits per heavy atom. The molecule has 4 nitrogen and oxygen atoms in total. The number of hydrogen-bond acceptors (Lipinski definition) is 4. The van der Waals surface area contributed by atoms with E-state index in [1.54, 1.807) is 0 Å². The third kappa shape index (κ3) is 10.6. The minimum atomic E-state index is 0.0732. The van der Waals surface area contributed by atoms with E-state index in [-0.39, 0.29) is 6.29 Å². The molecule has 1 atom stereocenters. The minimum Gasteiger partial charge on any atom is -0.381 e. The highest BCUT2D eigenvalue weighted by Crippen LogP contribution is 2.14. The average Bonchev–Trinajstić information content (AvgIpc) is 2.67. The van der Waals surface area contributed by atoms with Crippen molar-refractivity contribution in [1.29, 1.82) is 0 Å². The summed E-state index contributed by atoms with van der Waals surface area (Å²) in [6, 6.07) is 4.12. The molecule has 0 aliphatic carbocycles. The van der Waals surface area contributed by atoms with E-state index in [1.807, 2.05) is 18.5 Å². The van der Waals surface area contributed by atoms with E-state index in [4.69, 9.17) is 14.2 Å². The molecule has 0 aromatic carbocycles. The fraction of sp³-hybridized carbons (Fsp3) is 0.762. The lowest BCUT2D eigenvalue weighted by Gasteiger charge is -2.22. The Hall–Kier alpha value is -0.970. The average molecular weight is 350 g/mol. The standard InChI is InChI=1S/C21H35NO3/c1(2-4-7-17-24-21-13-5-8-18-25-21)3-6-15-23-16-10-12-20-11-9-14-22-19-20/h9,11,14,19,21H,1-8,10,12-13,15-18H2. The van der Waals surface area contributed by atoms with Crippen LogP contribution in [0.4, 0.5) is 0 Å². The highest BCUT2D eigenvalue weighted by atomic mass is 16.7. The number of aromatic nitrogens is 1. The van der Waals surface area contributed by atoms with Crippen LogP contribution in [-0.4, -0.2) is 37.7 Å². The van der Waals surface area contributed by atoms with Crippen molar-refractivity contribution in [2.75, 3.05) is 26.4 Å². The summed E-state index contributed by atoms with van der Waals surface area (Å²) in [6.07, 6.45) is 17.0. The van der Waals surface area contributed by atoms with Crippen LogP contribution >= 0.6 is 0 Å². The second-order valence-corrected chi connectivity index (χ2v) is 6.87. The molecule has 1 aromatic heterocycles. The summed E-state index contributed by atoms with van der Waals surface area (Å²) >= 11 is 0. The molecule has 0 spiro atoms. The summed E-state index contributed by atoms with van der Waals surface area (Å²) in [6.45, 7) is 3.48. The molecule has 0 saturated carbocycles. The maximum Gasteiger partial charge on any atom is 0.157 e. The number of nitrogens with zero attached hydrogens (tertiary/aromatic N) is 1. The Bertz CT molecular complexity index is 407. The molecular formula is C21H35NO3. The van der Waals surface area contributed by atoms with Gasteiger partial charge in [-0.15, -0.1) is 0 Å². The predicted octanol–water partition coefficient (Wildman–Crippen LogP) is 4.91. The normalized spacial score (nSPS) is 17.7. The lowest BCUT2D eigenvalue weighted by atomic mass is 10.1. The van der Waals surface area contributed by atoms with Crippen LogP contribution in [0.5, 0.6) is 0 Å². The highest BCUT2D eigenvalue weighted by molar-refractivity contribution is 5.08. The van der Waals surface area contributed by atoms with E-state index in [2.05, 4.69) is 11.1 Å². The summed E-state index contributed by atoms with van der Waals surface area (Å²) in [5, 5.41) is 0. The number of pyridine rings is 1. The van der Waals surface area contributed by atoms with Gasteiger partial charge in [-0.2, -0.15) is 0 Å². The van der Waals surface area contributed by atoms with E-state index < -0.39 is 0 Å². The van der Waals surface area contributed by atoms with Crippen LogP contribution in [0.3, 0.4) is 0 Å². The van der Waals surface area contributed by atoms with E-state index in [0.29, 0.717) is 0 Å². The van der Waals surface area contributed by atoms with Gasteiger partial charge in [0.1, 0.15) is 0 Å². The van der Waals surface area contributed by atoms with Gasteiger partial charge >= 0.3 is 0 Å². The van der Waals surface area contributed by atoms with Gasteiger partial charge in [-0.1, -0.05) is 31.7 Å². The molecule has 2 heterocycles. The smallest absolute Gasteiger partial charge is 0.157 e. The van der Waals surface area contributed by atoms with Crippen LogP contribution in [0.1, 0.15) is 69.8 Å². The van der Waals surface area contributed by atoms with Crippen LogP contribution in [0, 0.1) is 0 Å². The molecule has 4 heteroatoms. The van der Waals surface area contributed by atoms with E-state index in [0.717, 1.165) is 52.1 Å². The van der Waals surface area contributed by atoms with Crippen molar-refractivity contribution in [2.45, 2.75) is 76.9 Å². The minimum absolute atomic E-state index is 0.0732. The molecule has 0 bridgehead atoms. The third-order valence-corrected chi connectivity index (χ3v) is 4.60. The van der Waals surface area contributed by atoms with Crippen LogP contribution in [-0.2, 0) is 20.6 Å². The van der Waals surface area contributed by atoms with Crippen LogP contribution in [0.15, 0.2) is 24.5 Å². The Kier molecular flexibility index (Phi) is 11.6. The molecule has 1 saturated heterocycles. The number of ether oxygens (including phenoxy) is 3. The summed E-state index contributed by atoms with van der Waals surface area (Å²) < 4.78 is 17.0. The first kappa shape index (κ1) is 20.3. The van der Waals surface area contributed by atoms with Gasteiger partial charge in [0.25, 0.3) is 0 Å². The molecule has 0 amide bonds. The van der Waals surface area contributed by atoms with Crippen molar-refractivity contribution < 1.29 is 14.2 Å². The van der Waals surface area contributed by atoms with Crippen molar-refractivity contribution in [2.24, 2.45) is 0 Å². The van der Waals surface area contributed by atoms with Gasteiger partial charge in [0.15, 0.2) is 6.29 Å². The first-order chi connectivity index (χ1) is 12.4. The van der Waals surface area contributed by atoms with Gasteiger partial charge in [0.2, 0.25) is 0 Å². The second-order valence-electron chi connectivity index (χ2n) is 6.87. The number of hydrogen-bond donors (Lipinski definition) is 0. The van der Waals surface area contributed by atoms with Crippen molar-refractivity contribution in [3.05, 3.63) is 30.1 Å². The number of unbranched alkanes of at least 4 members (excludes halogenated alkanes) is 5. The molecular weight excluding hydrogens is 314 g/mol. The van der Waals surface area contributed by atoms with Gasteiger partial charge in [0.05, 0.1) is 0 Å². The van der Waals surface area contributed by atoms with Crippen molar-refractivity contribution in [1.82, 2.24) is 4.98 Å². The molecule has 1 fully saturated rings. The van der Waals surface area contributed by atoms with Crippen molar-refractivity contribution in [3.8, 4) is 0 Å². The molecule has 0 N–H and O–H groups in total. The quantitative estimate of drug-likeness (QED) is 0.447. The molecule has 142 valence electrons. The summed E-state index contributed by atoms with van der Waals surface area (Å²) in [7, 11) is 0. The fourth-order valence-corrected chi connectivity index (χ4v) is 3.10. The lowest BCUT2D eigenvalue weighted by Crippen LogP contribution is -2.22. The lowest BCUT2D eigenvalue weighted by molar-refractivity contribution is -0.162. The Morgan fingerprint density at radius 3 is 2.52 bits per heavy atom. The van der Waals surface area contributed by atoms with E-state index in [9.17, 15) is 0 Å². The van der Waals surface area contributed by atoms with Crippen LogP contribution in [0.2, 0.25) is 0 Å². The van der Waals surface area contributed by atoms with Gasteiger partial charge in [-0.25, -0.2) is 0 Å². The Morgan fingerprint density at radius 2 is 1.76 bits per heavy atom. The summed E-state index contributed by atoms with van der Waals surface area (Å²) in [5.41, 5.74) is 1.30. The third-order valence-electron chi connectivity index (χ3n) is 4.60. The monoisotopic (exact) mass is 349 g/mol. The summed E-state index contributed by atoms with van der Waals surface area (Å²) in [5.74, 6) is 0. The van der Waals surface area contributed by atoms with Crippen molar-refractivity contribution >= 4 is 0 Å². The number of aryl methyl sites for hydroxylation is 1. The van der Waals surface area contributed by atoms with Gasteiger partial charge in [-0.3, -0.25) is 4.98 Å². The highest BCUT2D eigenvalue weighted by Gasteiger charge is 2.13. The first-order valence-electron chi connectivity index (χ1n) is 10.1. The molecule has 25 heavy (non-hydrogen) atoms. The molecule has 1 unspecified atom stereocenters. The fourth-order valence-electron chi connectivity index (χ4n) is 3.10. The Balaban J connectivity index is 1.27. The number of rotatable bonds is 14. The molecule has 0 radical (unpaired) electrons. The molecule has 1 aliphatic heterocycles. The largest absolute Gasteiger partial charge is 0.381 e. The second kappa shape index (κ2) is 14.2. The van der Waals surface area contributed by atoms with Crippen LogP contribution < -0.4 is 0 Å². The predicted molar refractivity (Wildman–Crippen MR) is 101 cm³/mol. The van der Waals surface area contributed by atoms with Crippen LogP contribution in [0.25, 0.3) is 0 Å². The van der Waals surface area contributed by atoms with Gasteiger partial charge in [-0.05, 0) is 56.6 Å².